The zero-order valence-electron chi connectivity index (χ0n) is 8.54. The first-order valence-corrected chi connectivity index (χ1v) is 4.42. The van der Waals surface area contributed by atoms with Gasteiger partial charge in [-0.3, -0.25) is 0 Å². The third kappa shape index (κ3) is 2.76. The molecule has 0 fully saturated rings. The second-order valence-electron chi connectivity index (χ2n) is 3.39. The molecule has 0 amide bonds. The first-order valence-electron chi connectivity index (χ1n) is 4.42. The molecule has 0 saturated heterocycles. The van der Waals surface area contributed by atoms with Crippen LogP contribution in [0, 0.1) is 11.6 Å². The number of hydrogen-bond acceptors (Lipinski definition) is 4. The molecule has 1 aromatic heterocycles. The molecule has 0 aromatic carbocycles. The molecule has 0 radical (unpaired) electrons. The van der Waals surface area contributed by atoms with E-state index in [0.29, 0.717) is 6.07 Å². The largest absolute Gasteiger partial charge is 0.392 e. The normalized spacial score (nSPS) is 12.6. The number of aliphatic hydroxyl groups excluding tert-OH is 1. The molecule has 1 atom stereocenters. The van der Waals surface area contributed by atoms with E-state index >= 15 is 0 Å². The van der Waals surface area contributed by atoms with Gasteiger partial charge in [0.2, 0.25) is 0 Å². The van der Waals surface area contributed by atoms with Crippen LogP contribution in [0.2, 0.25) is 0 Å². The van der Waals surface area contributed by atoms with E-state index in [0.717, 1.165) is 0 Å². The summed E-state index contributed by atoms with van der Waals surface area (Å²) in [6.07, 6.45) is -0.637. The van der Waals surface area contributed by atoms with Gasteiger partial charge in [-0.15, -0.1) is 0 Å². The number of aromatic nitrogens is 1. The highest BCUT2D eigenvalue weighted by atomic mass is 19.1. The number of hydrogen-bond donors (Lipinski definition) is 2. The van der Waals surface area contributed by atoms with Gasteiger partial charge < -0.3 is 15.7 Å². The van der Waals surface area contributed by atoms with E-state index in [1.165, 1.54) is 11.9 Å². The van der Waals surface area contributed by atoms with Crippen LogP contribution >= 0.6 is 0 Å². The van der Waals surface area contributed by atoms with Crippen molar-refractivity contribution in [2.24, 2.45) is 0 Å². The minimum Gasteiger partial charge on any atom is -0.392 e. The summed E-state index contributed by atoms with van der Waals surface area (Å²) in [5, 5.41) is 9.10. The molecule has 1 unspecified atom stereocenters. The fraction of sp³-hybridized carbons (Fsp3) is 0.444. The van der Waals surface area contributed by atoms with Gasteiger partial charge >= 0.3 is 0 Å². The van der Waals surface area contributed by atoms with Gasteiger partial charge in [-0.1, -0.05) is 0 Å². The lowest BCUT2D eigenvalue weighted by atomic mass is 10.3. The maximum absolute atomic E-state index is 13.2. The van der Waals surface area contributed by atoms with Crippen LogP contribution in [0.15, 0.2) is 6.07 Å². The summed E-state index contributed by atoms with van der Waals surface area (Å²) in [4.78, 5) is 4.94. The van der Waals surface area contributed by atoms with Crippen LogP contribution in [0.1, 0.15) is 6.92 Å². The van der Waals surface area contributed by atoms with Gasteiger partial charge in [-0.2, -0.15) is 0 Å². The Kier molecular flexibility index (Phi) is 3.41. The molecule has 4 nitrogen and oxygen atoms in total. The Morgan fingerprint density at radius 2 is 2.13 bits per heavy atom. The van der Waals surface area contributed by atoms with Gasteiger partial charge in [-0.25, -0.2) is 13.8 Å². The molecular weight excluding hydrogens is 204 g/mol. The smallest absolute Gasteiger partial charge is 0.168 e. The minimum absolute atomic E-state index is 0.0743. The fourth-order valence-corrected chi connectivity index (χ4v) is 1.22. The Balaban J connectivity index is 2.98. The van der Waals surface area contributed by atoms with Gasteiger partial charge in [0.1, 0.15) is 0 Å². The van der Waals surface area contributed by atoms with E-state index in [2.05, 4.69) is 4.98 Å². The number of nitrogen functional groups attached to an aromatic ring is 1. The van der Waals surface area contributed by atoms with Crippen molar-refractivity contribution in [1.82, 2.24) is 4.98 Å². The topological polar surface area (TPSA) is 62.4 Å². The lowest BCUT2D eigenvalue weighted by Gasteiger charge is -2.20. The minimum atomic E-state index is -0.887. The van der Waals surface area contributed by atoms with Gasteiger partial charge in [-0.05, 0) is 6.92 Å². The van der Waals surface area contributed by atoms with E-state index in [-0.39, 0.29) is 18.2 Å². The molecule has 1 aromatic rings. The quantitative estimate of drug-likeness (QED) is 0.784. The van der Waals surface area contributed by atoms with Crippen LogP contribution in [0.5, 0.6) is 0 Å². The summed E-state index contributed by atoms with van der Waals surface area (Å²) in [6.45, 7) is 1.75. The Bertz CT molecular complexity index is 357. The summed E-state index contributed by atoms with van der Waals surface area (Å²) in [6, 6.07) is 0.677. The van der Waals surface area contributed by atoms with Crippen LogP contribution in [0.4, 0.5) is 20.4 Å². The number of nitrogens with zero attached hydrogens (tertiary/aromatic N) is 2. The zero-order chi connectivity index (χ0) is 11.6. The Morgan fingerprint density at radius 3 is 2.67 bits per heavy atom. The number of likely N-dealkylation sites (N-methyl/N-ethyl adjacent to an activating group) is 1. The monoisotopic (exact) mass is 217 g/mol. The van der Waals surface area contributed by atoms with E-state index in [1.807, 2.05) is 0 Å². The Hall–Kier alpha value is -1.43. The van der Waals surface area contributed by atoms with E-state index in [4.69, 9.17) is 10.8 Å². The molecule has 84 valence electrons. The van der Waals surface area contributed by atoms with E-state index in [1.54, 1.807) is 6.92 Å². The van der Waals surface area contributed by atoms with Crippen LogP contribution in [0.25, 0.3) is 0 Å². The highest BCUT2D eigenvalue weighted by molar-refractivity contribution is 5.46. The van der Waals surface area contributed by atoms with Crippen LogP contribution in [0.3, 0.4) is 0 Å². The van der Waals surface area contributed by atoms with Gasteiger partial charge in [0, 0.05) is 19.7 Å². The first-order chi connectivity index (χ1) is 6.91. The predicted molar refractivity (Wildman–Crippen MR) is 53.5 cm³/mol. The number of aliphatic hydroxyl groups is 1. The summed E-state index contributed by atoms with van der Waals surface area (Å²) in [5.41, 5.74) is 5.22. The third-order valence-electron chi connectivity index (χ3n) is 1.84. The summed E-state index contributed by atoms with van der Waals surface area (Å²) >= 11 is 0. The SMILES string of the molecule is CC(O)CN(C)c1nc(N)c(F)cc1F. The molecule has 1 heterocycles. The van der Waals surface area contributed by atoms with Crippen LogP contribution < -0.4 is 10.6 Å². The summed E-state index contributed by atoms with van der Waals surface area (Å²) in [5.74, 6) is -2.12. The average molecular weight is 217 g/mol. The maximum atomic E-state index is 13.2. The van der Waals surface area contributed by atoms with E-state index in [9.17, 15) is 8.78 Å². The fourth-order valence-electron chi connectivity index (χ4n) is 1.22. The van der Waals surface area contributed by atoms with Crippen molar-refractivity contribution in [3.05, 3.63) is 17.7 Å². The Labute approximate surface area is 86.3 Å². The van der Waals surface area contributed by atoms with Crippen molar-refractivity contribution >= 4 is 11.6 Å². The van der Waals surface area contributed by atoms with Crippen LogP contribution in [-0.2, 0) is 0 Å². The number of anilines is 2. The molecule has 0 aliphatic carbocycles. The summed E-state index contributed by atoms with van der Waals surface area (Å²) in [7, 11) is 1.54. The first kappa shape index (κ1) is 11.6. The van der Waals surface area contributed by atoms with Gasteiger partial charge in [0.15, 0.2) is 23.3 Å². The molecule has 0 bridgehead atoms. The summed E-state index contributed by atoms with van der Waals surface area (Å²) < 4.78 is 26.0. The van der Waals surface area contributed by atoms with Crippen LogP contribution in [-0.4, -0.2) is 29.8 Å². The van der Waals surface area contributed by atoms with E-state index < -0.39 is 17.7 Å². The number of pyridine rings is 1. The lowest BCUT2D eigenvalue weighted by molar-refractivity contribution is 0.201. The number of rotatable bonds is 3. The molecule has 0 spiro atoms. The average Bonchev–Trinajstić information content (AvgIpc) is 2.09. The molecule has 3 N–H and O–H groups in total. The van der Waals surface area contributed by atoms with Crippen molar-refractivity contribution in [1.29, 1.82) is 0 Å². The van der Waals surface area contributed by atoms with Crippen molar-refractivity contribution in [3.8, 4) is 0 Å². The van der Waals surface area contributed by atoms with Gasteiger partial charge in [0.25, 0.3) is 0 Å². The molecular formula is C9H13F2N3O. The number of nitrogens with two attached hydrogens (primary N) is 1. The molecule has 15 heavy (non-hydrogen) atoms. The highest BCUT2D eigenvalue weighted by Crippen LogP contribution is 2.19. The zero-order valence-corrected chi connectivity index (χ0v) is 8.54. The predicted octanol–water partition coefficient (Wildman–Crippen LogP) is 0.759. The van der Waals surface area contributed by atoms with Crippen molar-refractivity contribution < 1.29 is 13.9 Å². The van der Waals surface area contributed by atoms with Crippen molar-refractivity contribution in [3.63, 3.8) is 0 Å². The standard InChI is InChI=1S/C9H13F2N3O/c1-5(15)4-14(2)9-7(11)3-6(10)8(12)13-9/h3,5,15H,4H2,1-2H3,(H2,12,13). The molecule has 0 saturated carbocycles. The third-order valence-corrected chi connectivity index (χ3v) is 1.84. The second-order valence-corrected chi connectivity index (χ2v) is 3.39. The van der Waals surface area contributed by atoms with Crippen molar-refractivity contribution in [2.45, 2.75) is 13.0 Å². The van der Waals surface area contributed by atoms with Crippen molar-refractivity contribution in [2.75, 3.05) is 24.2 Å². The highest BCUT2D eigenvalue weighted by Gasteiger charge is 2.14. The maximum Gasteiger partial charge on any atom is 0.168 e. The molecule has 6 heteroatoms. The lowest BCUT2D eigenvalue weighted by Crippen LogP contribution is -2.28. The second kappa shape index (κ2) is 4.39. The Morgan fingerprint density at radius 1 is 1.53 bits per heavy atom. The number of halogens is 2. The molecule has 0 aliphatic heterocycles. The molecule has 0 aliphatic rings. The van der Waals surface area contributed by atoms with Gasteiger partial charge in [0.05, 0.1) is 6.10 Å². The molecule has 1 rings (SSSR count).